The van der Waals surface area contributed by atoms with Gasteiger partial charge in [0.25, 0.3) is 11.8 Å². The number of benzene rings is 3. The Morgan fingerprint density at radius 2 is 1.60 bits per heavy atom. The summed E-state index contributed by atoms with van der Waals surface area (Å²) in [7, 11) is 0. The number of amides is 2. The Balaban J connectivity index is 1.63. The van der Waals surface area contributed by atoms with E-state index in [-0.39, 0.29) is 11.3 Å². The third-order valence-corrected chi connectivity index (χ3v) is 6.68. The average molecular weight is 553 g/mol. The van der Waals surface area contributed by atoms with E-state index in [1.165, 1.54) is 12.1 Å². The predicted molar refractivity (Wildman–Crippen MR) is 147 cm³/mol. The molecule has 2 amide bonds. The lowest BCUT2D eigenvalue weighted by molar-refractivity contribution is -0.274. The van der Waals surface area contributed by atoms with E-state index in [4.69, 9.17) is 4.74 Å². The lowest BCUT2D eigenvalue weighted by atomic mass is 9.78. The number of unbranched alkanes of at least 4 members (excludes halogenated alkanes) is 1. The second kappa shape index (κ2) is 11.9. The van der Waals surface area contributed by atoms with Gasteiger partial charge in [-0.05, 0) is 73.4 Å². The maximum absolute atomic E-state index is 13.5. The first-order valence-electron chi connectivity index (χ1n) is 13.0. The van der Waals surface area contributed by atoms with Crippen molar-refractivity contribution in [3.05, 3.63) is 95.1 Å². The van der Waals surface area contributed by atoms with Gasteiger partial charge in [0.2, 0.25) is 0 Å². The molecule has 0 radical (unpaired) electrons. The first kappa shape index (κ1) is 28.7. The smallest absolute Gasteiger partial charge is 0.494 e. The second-order valence-electron chi connectivity index (χ2n) is 9.94. The molecule has 1 atom stereocenters. The second-order valence-corrected chi connectivity index (χ2v) is 9.94. The highest BCUT2D eigenvalue weighted by Crippen LogP contribution is 2.39. The van der Waals surface area contributed by atoms with Gasteiger partial charge >= 0.3 is 6.36 Å². The Hall–Kier alpha value is -4.27. The van der Waals surface area contributed by atoms with Crippen LogP contribution in [0, 0.1) is 6.92 Å². The summed E-state index contributed by atoms with van der Waals surface area (Å²) in [6.45, 7) is 6.57. The molecule has 0 aliphatic carbocycles. The topological polar surface area (TPSA) is 76.7 Å². The molecular formula is C31H31F3N2O4. The summed E-state index contributed by atoms with van der Waals surface area (Å²) in [5.74, 6) is -0.900. The minimum atomic E-state index is -4.83. The third kappa shape index (κ3) is 7.02. The Bertz CT molecular complexity index is 1380. The van der Waals surface area contributed by atoms with Crippen molar-refractivity contribution in [3.63, 3.8) is 0 Å². The van der Waals surface area contributed by atoms with Crippen LogP contribution in [0.3, 0.4) is 0 Å². The fourth-order valence-electron chi connectivity index (χ4n) is 4.54. The minimum Gasteiger partial charge on any atom is -0.494 e. The summed E-state index contributed by atoms with van der Waals surface area (Å²) in [6, 6.07) is 19.8. The van der Waals surface area contributed by atoms with Gasteiger partial charge < -0.3 is 20.1 Å². The van der Waals surface area contributed by atoms with Crippen LogP contribution in [-0.4, -0.2) is 24.8 Å². The molecule has 3 aromatic rings. The summed E-state index contributed by atoms with van der Waals surface area (Å²) in [5.41, 5.74) is 2.52. The maximum Gasteiger partial charge on any atom is 0.573 e. The van der Waals surface area contributed by atoms with Gasteiger partial charge in [-0.25, -0.2) is 0 Å². The molecule has 6 nitrogen and oxygen atoms in total. The third-order valence-electron chi connectivity index (χ3n) is 6.68. The summed E-state index contributed by atoms with van der Waals surface area (Å²) in [6.07, 6.45) is -2.51. The molecule has 0 fully saturated rings. The van der Waals surface area contributed by atoms with Crippen LogP contribution < -0.4 is 20.1 Å². The number of carbonyl (C=O) groups excluding carboxylic acids is 2. The summed E-state index contributed by atoms with van der Waals surface area (Å²) in [5, 5.41) is 5.63. The number of aryl methyl sites for hydroxylation is 1. The first-order valence-corrected chi connectivity index (χ1v) is 13.0. The predicted octanol–water partition coefficient (Wildman–Crippen LogP) is 6.90. The molecule has 0 unspecified atom stereocenters. The fraction of sp³-hybridized carbons (Fsp3) is 0.290. The molecule has 2 N–H and O–H groups in total. The maximum atomic E-state index is 13.5. The molecule has 40 heavy (non-hydrogen) atoms. The van der Waals surface area contributed by atoms with E-state index in [1.807, 2.05) is 62.4 Å². The van der Waals surface area contributed by atoms with Gasteiger partial charge in [0.15, 0.2) is 0 Å². The van der Waals surface area contributed by atoms with Crippen molar-refractivity contribution in [1.29, 1.82) is 0 Å². The number of rotatable bonds is 9. The minimum absolute atomic E-state index is 0.0588. The van der Waals surface area contributed by atoms with Crippen LogP contribution in [0.15, 0.2) is 78.4 Å². The van der Waals surface area contributed by atoms with E-state index in [9.17, 15) is 22.8 Å². The van der Waals surface area contributed by atoms with E-state index < -0.39 is 29.5 Å². The standard InChI is InChI=1S/C31H31F3N2O4/c1-4-5-18-39-24-14-10-22(11-15-24)30(3)19-26(21-8-6-20(2)7-9-21)27(29(38)36-30)28(37)35-23-12-16-25(17-13-23)40-31(32,33)34/h6-17H,4-5,18-19H2,1-3H3,(H,35,37)(H,36,38)/t30-/m0/s1. The summed E-state index contributed by atoms with van der Waals surface area (Å²) in [4.78, 5) is 26.9. The van der Waals surface area contributed by atoms with Crippen LogP contribution in [0.1, 0.15) is 49.8 Å². The van der Waals surface area contributed by atoms with Crippen molar-refractivity contribution >= 4 is 23.1 Å². The van der Waals surface area contributed by atoms with Crippen molar-refractivity contribution in [2.45, 2.75) is 51.9 Å². The SMILES string of the molecule is CCCCOc1ccc([C@]2(C)CC(c3ccc(C)cc3)=C(C(=O)Nc3ccc(OC(F)(F)F)cc3)C(=O)N2)cc1. The Labute approximate surface area is 231 Å². The van der Waals surface area contributed by atoms with Gasteiger partial charge in [-0.2, -0.15) is 0 Å². The molecule has 0 spiro atoms. The molecular weight excluding hydrogens is 521 g/mol. The fourth-order valence-corrected chi connectivity index (χ4v) is 4.54. The van der Waals surface area contributed by atoms with Crippen molar-refractivity contribution < 1.29 is 32.2 Å². The summed E-state index contributed by atoms with van der Waals surface area (Å²) >= 11 is 0. The number of ether oxygens (including phenoxy) is 2. The summed E-state index contributed by atoms with van der Waals surface area (Å²) < 4.78 is 47.1. The molecule has 210 valence electrons. The van der Waals surface area contributed by atoms with Crippen molar-refractivity contribution in [1.82, 2.24) is 5.32 Å². The van der Waals surface area contributed by atoms with E-state index in [0.717, 1.165) is 47.4 Å². The molecule has 0 aromatic heterocycles. The number of nitrogens with one attached hydrogen (secondary N) is 2. The van der Waals surface area contributed by atoms with Crippen molar-refractivity contribution in [2.75, 3.05) is 11.9 Å². The zero-order valence-electron chi connectivity index (χ0n) is 22.5. The number of halogens is 3. The quantitative estimate of drug-likeness (QED) is 0.224. The number of hydrogen-bond acceptors (Lipinski definition) is 4. The van der Waals surface area contributed by atoms with Gasteiger partial charge in [0.05, 0.1) is 12.1 Å². The highest BCUT2D eigenvalue weighted by atomic mass is 19.4. The molecule has 3 aromatic carbocycles. The monoisotopic (exact) mass is 552 g/mol. The Morgan fingerprint density at radius 1 is 0.975 bits per heavy atom. The average Bonchev–Trinajstić information content (AvgIpc) is 2.89. The zero-order valence-corrected chi connectivity index (χ0v) is 22.5. The van der Waals surface area contributed by atoms with E-state index >= 15 is 0 Å². The zero-order chi connectivity index (χ0) is 28.9. The van der Waals surface area contributed by atoms with Crippen molar-refractivity contribution in [3.8, 4) is 11.5 Å². The van der Waals surface area contributed by atoms with E-state index in [2.05, 4.69) is 22.3 Å². The van der Waals surface area contributed by atoms with Crippen molar-refractivity contribution in [2.24, 2.45) is 0 Å². The first-order chi connectivity index (χ1) is 19.0. The van der Waals surface area contributed by atoms with Gasteiger partial charge in [-0.3, -0.25) is 9.59 Å². The lowest BCUT2D eigenvalue weighted by Crippen LogP contribution is -2.49. The van der Waals surface area contributed by atoms with Crippen LogP contribution in [0.2, 0.25) is 0 Å². The number of anilines is 1. The Kier molecular flexibility index (Phi) is 8.52. The van der Waals surface area contributed by atoms with Gasteiger partial charge in [-0.1, -0.05) is 55.3 Å². The van der Waals surface area contributed by atoms with Crippen LogP contribution >= 0.6 is 0 Å². The molecule has 1 aliphatic heterocycles. The number of hydrogen-bond donors (Lipinski definition) is 2. The molecule has 1 aliphatic rings. The highest BCUT2D eigenvalue weighted by molar-refractivity contribution is 6.28. The molecule has 9 heteroatoms. The lowest BCUT2D eigenvalue weighted by Gasteiger charge is -2.37. The van der Waals surface area contributed by atoms with E-state index in [0.29, 0.717) is 18.6 Å². The highest BCUT2D eigenvalue weighted by Gasteiger charge is 2.40. The van der Waals surface area contributed by atoms with Crippen LogP contribution in [0.4, 0.5) is 18.9 Å². The molecule has 0 bridgehead atoms. The van der Waals surface area contributed by atoms with E-state index in [1.54, 1.807) is 0 Å². The number of alkyl halides is 3. The Morgan fingerprint density at radius 3 is 2.20 bits per heavy atom. The van der Waals surface area contributed by atoms with Gasteiger partial charge in [-0.15, -0.1) is 13.2 Å². The number of carbonyl (C=O) groups is 2. The molecule has 0 saturated carbocycles. The van der Waals surface area contributed by atoms with Gasteiger partial charge in [0, 0.05) is 12.1 Å². The van der Waals surface area contributed by atoms with Gasteiger partial charge in [0.1, 0.15) is 17.1 Å². The molecule has 4 rings (SSSR count). The largest absolute Gasteiger partial charge is 0.573 e. The normalized spacial score (nSPS) is 17.3. The van der Waals surface area contributed by atoms with Crippen LogP contribution in [0.5, 0.6) is 11.5 Å². The van der Waals surface area contributed by atoms with Crippen LogP contribution in [0.25, 0.3) is 5.57 Å². The molecule has 0 saturated heterocycles. The molecule has 1 heterocycles. The van der Waals surface area contributed by atoms with Crippen LogP contribution in [-0.2, 0) is 15.1 Å².